The number of carbonyl (C=O) groups is 1. The third-order valence-electron chi connectivity index (χ3n) is 2.67. The standard InChI is InChI=1S/C12H17ClN2O/c1-8(14)12(16)15(3)9(2)10-6-4-5-7-11(10)13/h4-9H,14H2,1-3H3. The summed E-state index contributed by atoms with van der Waals surface area (Å²) in [6.45, 7) is 3.61. The van der Waals surface area contributed by atoms with Crippen LogP contribution in [0.1, 0.15) is 25.5 Å². The lowest BCUT2D eigenvalue weighted by Crippen LogP contribution is -2.41. The molecule has 0 aliphatic carbocycles. The van der Waals surface area contributed by atoms with Gasteiger partial charge in [-0.25, -0.2) is 0 Å². The van der Waals surface area contributed by atoms with Crippen molar-refractivity contribution in [1.29, 1.82) is 0 Å². The Morgan fingerprint density at radius 3 is 2.44 bits per heavy atom. The molecule has 88 valence electrons. The first kappa shape index (κ1) is 13.0. The summed E-state index contributed by atoms with van der Waals surface area (Å²) in [6.07, 6.45) is 0. The molecule has 1 rings (SSSR count). The van der Waals surface area contributed by atoms with Crippen LogP contribution in [0.2, 0.25) is 5.02 Å². The Hall–Kier alpha value is -1.06. The van der Waals surface area contributed by atoms with Crippen LogP contribution in [0.25, 0.3) is 0 Å². The highest BCUT2D eigenvalue weighted by Gasteiger charge is 2.21. The first-order valence-electron chi connectivity index (χ1n) is 5.21. The predicted molar refractivity (Wildman–Crippen MR) is 66.3 cm³/mol. The average molecular weight is 241 g/mol. The molecule has 3 nitrogen and oxygen atoms in total. The molecule has 2 unspecified atom stereocenters. The van der Waals surface area contributed by atoms with Gasteiger partial charge >= 0.3 is 0 Å². The van der Waals surface area contributed by atoms with Gasteiger partial charge in [0.25, 0.3) is 0 Å². The minimum absolute atomic E-state index is 0.0767. The van der Waals surface area contributed by atoms with E-state index in [9.17, 15) is 4.79 Å². The van der Waals surface area contributed by atoms with Crippen LogP contribution in [0.15, 0.2) is 24.3 Å². The highest BCUT2D eigenvalue weighted by Crippen LogP contribution is 2.26. The lowest BCUT2D eigenvalue weighted by Gasteiger charge is -2.27. The van der Waals surface area contributed by atoms with E-state index in [4.69, 9.17) is 17.3 Å². The molecule has 0 aliphatic rings. The van der Waals surface area contributed by atoms with Gasteiger partial charge in [0.05, 0.1) is 12.1 Å². The maximum absolute atomic E-state index is 11.7. The molecule has 0 bridgehead atoms. The van der Waals surface area contributed by atoms with E-state index in [0.29, 0.717) is 5.02 Å². The molecule has 2 N–H and O–H groups in total. The quantitative estimate of drug-likeness (QED) is 0.881. The molecular weight excluding hydrogens is 224 g/mol. The second-order valence-electron chi connectivity index (χ2n) is 3.94. The second-order valence-corrected chi connectivity index (χ2v) is 4.34. The minimum Gasteiger partial charge on any atom is -0.338 e. The molecule has 0 heterocycles. The monoisotopic (exact) mass is 240 g/mol. The van der Waals surface area contributed by atoms with E-state index in [1.54, 1.807) is 18.9 Å². The lowest BCUT2D eigenvalue weighted by atomic mass is 10.1. The normalized spacial score (nSPS) is 14.3. The molecule has 2 atom stereocenters. The van der Waals surface area contributed by atoms with Gasteiger partial charge in [-0.3, -0.25) is 4.79 Å². The molecule has 0 saturated heterocycles. The van der Waals surface area contributed by atoms with E-state index >= 15 is 0 Å². The summed E-state index contributed by atoms with van der Waals surface area (Å²) < 4.78 is 0. The Balaban J connectivity index is 2.90. The van der Waals surface area contributed by atoms with E-state index in [1.807, 2.05) is 31.2 Å². The van der Waals surface area contributed by atoms with Crippen LogP contribution >= 0.6 is 11.6 Å². The zero-order valence-corrected chi connectivity index (χ0v) is 10.5. The lowest BCUT2D eigenvalue weighted by molar-refractivity contribution is -0.132. The molecule has 1 aromatic rings. The largest absolute Gasteiger partial charge is 0.338 e. The Kier molecular flexibility index (Phi) is 4.33. The van der Waals surface area contributed by atoms with Crippen LogP contribution in [0.3, 0.4) is 0 Å². The maximum Gasteiger partial charge on any atom is 0.239 e. The van der Waals surface area contributed by atoms with Crippen molar-refractivity contribution in [3.63, 3.8) is 0 Å². The molecule has 1 amide bonds. The second kappa shape index (κ2) is 5.32. The molecule has 0 aromatic heterocycles. The Morgan fingerprint density at radius 1 is 1.38 bits per heavy atom. The van der Waals surface area contributed by atoms with Gasteiger partial charge < -0.3 is 10.6 Å². The SMILES string of the molecule is CC(N)C(=O)N(C)C(C)c1ccccc1Cl. The predicted octanol–water partition coefficient (Wildman–Crippen LogP) is 2.21. The van der Waals surface area contributed by atoms with Gasteiger partial charge in [-0.05, 0) is 25.5 Å². The smallest absolute Gasteiger partial charge is 0.239 e. The van der Waals surface area contributed by atoms with Crippen molar-refractivity contribution in [2.24, 2.45) is 5.73 Å². The van der Waals surface area contributed by atoms with E-state index < -0.39 is 6.04 Å². The van der Waals surface area contributed by atoms with Gasteiger partial charge in [-0.15, -0.1) is 0 Å². The molecule has 16 heavy (non-hydrogen) atoms. The molecule has 1 aromatic carbocycles. The third-order valence-corrected chi connectivity index (χ3v) is 3.02. The number of halogens is 1. The highest BCUT2D eigenvalue weighted by molar-refractivity contribution is 6.31. The van der Waals surface area contributed by atoms with Crippen LogP contribution in [0.4, 0.5) is 0 Å². The topological polar surface area (TPSA) is 46.3 Å². The number of amides is 1. The van der Waals surface area contributed by atoms with Crippen LogP contribution < -0.4 is 5.73 Å². The van der Waals surface area contributed by atoms with Crippen LogP contribution in [0, 0.1) is 0 Å². The first-order valence-corrected chi connectivity index (χ1v) is 5.59. The van der Waals surface area contributed by atoms with Gasteiger partial charge in [-0.2, -0.15) is 0 Å². The van der Waals surface area contributed by atoms with Gasteiger partial charge in [0.1, 0.15) is 0 Å². The van der Waals surface area contributed by atoms with E-state index in [0.717, 1.165) is 5.56 Å². The fourth-order valence-electron chi connectivity index (χ4n) is 1.53. The number of hydrogen-bond donors (Lipinski definition) is 1. The number of nitrogens with two attached hydrogens (primary N) is 1. The fraction of sp³-hybridized carbons (Fsp3) is 0.417. The van der Waals surface area contributed by atoms with E-state index in [2.05, 4.69) is 0 Å². The maximum atomic E-state index is 11.7. The summed E-state index contributed by atoms with van der Waals surface area (Å²) in [5.41, 5.74) is 6.50. The Morgan fingerprint density at radius 2 is 1.94 bits per heavy atom. The van der Waals surface area contributed by atoms with Gasteiger partial charge in [0.2, 0.25) is 5.91 Å². The first-order chi connectivity index (χ1) is 7.45. The van der Waals surface area contributed by atoms with E-state index in [1.165, 1.54) is 0 Å². The summed E-state index contributed by atoms with van der Waals surface area (Å²) in [4.78, 5) is 13.3. The van der Waals surface area contributed by atoms with Gasteiger partial charge in [0.15, 0.2) is 0 Å². The van der Waals surface area contributed by atoms with Crippen molar-refractivity contribution in [1.82, 2.24) is 4.90 Å². The molecule has 0 saturated carbocycles. The number of rotatable bonds is 3. The summed E-state index contributed by atoms with van der Waals surface area (Å²) in [5, 5.41) is 0.666. The number of nitrogens with zero attached hydrogens (tertiary/aromatic N) is 1. The molecule has 0 radical (unpaired) electrons. The molecule has 4 heteroatoms. The molecule has 0 fully saturated rings. The van der Waals surface area contributed by atoms with Gasteiger partial charge in [-0.1, -0.05) is 29.8 Å². The number of hydrogen-bond acceptors (Lipinski definition) is 2. The van der Waals surface area contributed by atoms with Crippen molar-refractivity contribution >= 4 is 17.5 Å². The van der Waals surface area contributed by atoms with E-state index in [-0.39, 0.29) is 11.9 Å². The van der Waals surface area contributed by atoms with Gasteiger partial charge in [0, 0.05) is 12.1 Å². The van der Waals surface area contributed by atoms with Crippen molar-refractivity contribution in [2.75, 3.05) is 7.05 Å². The number of benzene rings is 1. The average Bonchev–Trinajstić information content (AvgIpc) is 2.26. The minimum atomic E-state index is -0.491. The third kappa shape index (κ3) is 2.74. The Labute approximate surface area is 101 Å². The van der Waals surface area contributed by atoms with Crippen molar-refractivity contribution in [2.45, 2.75) is 25.9 Å². The number of likely N-dealkylation sites (N-methyl/N-ethyl adjacent to an activating group) is 1. The number of carbonyl (C=O) groups excluding carboxylic acids is 1. The van der Waals surface area contributed by atoms with Crippen LogP contribution in [0.5, 0.6) is 0 Å². The summed E-state index contributed by atoms with van der Waals surface area (Å²) >= 11 is 6.08. The molecule has 0 spiro atoms. The summed E-state index contributed by atoms with van der Waals surface area (Å²) in [5.74, 6) is -0.0904. The zero-order valence-electron chi connectivity index (χ0n) is 9.77. The summed E-state index contributed by atoms with van der Waals surface area (Å²) in [7, 11) is 1.74. The molecular formula is C12H17ClN2O. The van der Waals surface area contributed by atoms with Crippen molar-refractivity contribution in [3.8, 4) is 0 Å². The summed E-state index contributed by atoms with van der Waals surface area (Å²) in [6, 6.07) is 6.94. The van der Waals surface area contributed by atoms with Crippen LogP contribution in [-0.2, 0) is 4.79 Å². The van der Waals surface area contributed by atoms with Crippen molar-refractivity contribution in [3.05, 3.63) is 34.9 Å². The fourth-order valence-corrected chi connectivity index (χ4v) is 1.83. The van der Waals surface area contributed by atoms with Crippen LogP contribution in [-0.4, -0.2) is 23.9 Å². The highest BCUT2D eigenvalue weighted by atomic mass is 35.5. The zero-order chi connectivity index (χ0) is 12.3. The molecule has 0 aliphatic heterocycles. The van der Waals surface area contributed by atoms with Crippen molar-refractivity contribution < 1.29 is 4.79 Å². The Bertz CT molecular complexity index is 379.